The first-order valence-electron chi connectivity index (χ1n) is 11.0. The molecule has 172 valence electrons. The van der Waals surface area contributed by atoms with Gasteiger partial charge in [-0.3, -0.25) is 0 Å². The van der Waals surface area contributed by atoms with Gasteiger partial charge in [-0.25, -0.2) is 8.78 Å². The summed E-state index contributed by atoms with van der Waals surface area (Å²) in [5.41, 5.74) is 1.27. The molecule has 0 bridgehead atoms. The Morgan fingerprint density at radius 1 is 0.774 bits per heavy atom. The van der Waals surface area contributed by atoms with Crippen LogP contribution in [0.3, 0.4) is 0 Å². The van der Waals surface area contributed by atoms with Crippen molar-refractivity contribution in [2.45, 2.75) is 97.7 Å². The number of benzene rings is 2. The van der Waals surface area contributed by atoms with Crippen molar-refractivity contribution in [3.8, 4) is 11.5 Å². The average molecular weight is 433 g/mol. The van der Waals surface area contributed by atoms with Crippen molar-refractivity contribution in [3.63, 3.8) is 0 Å². The van der Waals surface area contributed by atoms with Gasteiger partial charge in [-0.2, -0.15) is 0 Å². The Kier molecular flexibility index (Phi) is 7.45. The molecular formula is C27H38F2O2. The summed E-state index contributed by atoms with van der Waals surface area (Å²) in [6.45, 7) is 18.2. The van der Waals surface area contributed by atoms with E-state index in [1.54, 1.807) is 12.1 Å². The molecule has 0 radical (unpaired) electrons. The molecule has 31 heavy (non-hydrogen) atoms. The van der Waals surface area contributed by atoms with E-state index < -0.39 is 5.60 Å². The Labute approximate surface area is 187 Å². The van der Waals surface area contributed by atoms with Crippen molar-refractivity contribution in [3.05, 3.63) is 59.2 Å². The van der Waals surface area contributed by atoms with Crippen LogP contribution >= 0.6 is 0 Å². The molecular weight excluding hydrogens is 394 g/mol. The standard InChI is InChI=1S/C27H38F2O2/c1-18(30-23-16-19(25(2,3)4)10-12-21(23)28)14-15-27(8,9)20-11-13-22(29)24(17-20)31-26(5,6)7/h10-13,16-18H,14-15H2,1-9H3. The largest absolute Gasteiger partial charge is 0.488 e. The molecule has 1 atom stereocenters. The second kappa shape index (κ2) is 9.18. The molecule has 0 heterocycles. The van der Waals surface area contributed by atoms with E-state index in [2.05, 4.69) is 34.6 Å². The highest BCUT2D eigenvalue weighted by Gasteiger charge is 2.25. The van der Waals surface area contributed by atoms with Gasteiger partial charge in [0, 0.05) is 0 Å². The minimum absolute atomic E-state index is 0.0769. The van der Waals surface area contributed by atoms with Crippen LogP contribution in [0.5, 0.6) is 11.5 Å². The summed E-state index contributed by atoms with van der Waals surface area (Å²) >= 11 is 0. The van der Waals surface area contributed by atoms with E-state index in [4.69, 9.17) is 9.47 Å². The van der Waals surface area contributed by atoms with Crippen molar-refractivity contribution in [2.24, 2.45) is 0 Å². The first kappa shape index (κ1) is 25.2. The van der Waals surface area contributed by atoms with Gasteiger partial charge >= 0.3 is 0 Å². The van der Waals surface area contributed by atoms with E-state index in [1.807, 2.05) is 39.8 Å². The zero-order valence-electron chi connectivity index (χ0n) is 20.5. The third-order valence-electron chi connectivity index (χ3n) is 5.43. The number of ether oxygens (including phenoxy) is 2. The van der Waals surface area contributed by atoms with Crippen LogP contribution in [0, 0.1) is 11.6 Å². The summed E-state index contributed by atoms with van der Waals surface area (Å²) in [5.74, 6) is -0.147. The third-order valence-corrected chi connectivity index (χ3v) is 5.43. The summed E-state index contributed by atoms with van der Waals surface area (Å²) in [6.07, 6.45) is 1.38. The highest BCUT2D eigenvalue weighted by molar-refractivity contribution is 5.35. The van der Waals surface area contributed by atoms with Gasteiger partial charge in [0.2, 0.25) is 0 Å². The summed E-state index contributed by atoms with van der Waals surface area (Å²) < 4.78 is 40.3. The molecule has 1 unspecified atom stereocenters. The van der Waals surface area contributed by atoms with Crippen molar-refractivity contribution in [2.75, 3.05) is 0 Å². The first-order chi connectivity index (χ1) is 14.1. The average Bonchev–Trinajstić information content (AvgIpc) is 2.61. The molecule has 0 saturated carbocycles. The van der Waals surface area contributed by atoms with Crippen LogP contribution in [0.1, 0.15) is 86.3 Å². The van der Waals surface area contributed by atoms with Gasteiger partial charge in [-0.05, 0) is 86.8 Å². The summed E-state index contributed by atoms with van der Waals surface area (Å²) in [7, 11) is 0. The molecule has 0 aliphatic rings. The number of rotatable bonds is 7. The fourth-order valence-electron chi connectivity index (χ4n) is 3.38. The normalized spacial score (nSPS) is 13.8. The maximum Gasteiger partial charge on any atom is 0.165 e. The van der Waals surface area contributed by atoms with Crippen molar-refractivity contribution in [1.82, 2.24) is 0 Å². The van der Waals surface area contributed by atoms with Crippen LogP contribution in [-0.4, -0.2) is 11.7 Å². The third kappa shape index (κ3) is 7.22. The molecule has 0 fully saturated rings. The number of hydrogen-bond acceptors (Lipinski definition) is 2. The number of hydrogen-bond donors (Lipinski definition) is 0. The quantitative estimate of drug-likeness (QED) is 0.442. The van der Waals surface area contributed by atoms with Gasteiger partial charge in [0.25, 0.3) is 0 Å². The molecule has 0 N–H and O–H groups in total. The molecule has 2 rings (SSSR count). The lowest BCUT2D eigenvalue weighted by molar-refractivity contribution is 0.124. The molecule has 4 heteroatoms. The maximum atomic E-state index is 14.3. The van der Waals surface area contributed by atoms with Crippen LogP contribution in [0.4, 0.5) is 8.78 Å². The van der Waals surface area contributed by atoms with Gasteiger partial charge in [-0.15, -0.1) is 0 Å². The van der Waals surface area contributed by atoms with Crippen LogP contribution < -0.4 is 9.47 Å². The predicted molar refractivity (Wildman–Crippen MR) is 124 cm³/mol. The van der Waals surface area contributed by atoms with E-state index >= 15 is 0 Å². The second-order valence-corrected chi connectivity index (χ2v) is 11.1. The predicted octanol–water partition coefficient (Wildman–Crippen LogP) is 7.96. The highest BCUT2D eigenvalue weighted by atomic mass is 19.1. The lowest BCUT2D eigenvalue weighted by atomic mass is 9.80. The van der Waals surface area contributed by atoms with E-state index in [9.17, 15) is 8.78 Å². The number of halogens is 2. The molecule has 0 aliphatic carbocycles. The van der Waals surface area contributed by atoms with E-state index in [0.29, 0.717) is 5.75 Å². The monoisotopic (exact) mass is 432 g/mol. The van der Waals surface area contributed by atoms with E-state index in [-0.39, 0.29) is 34.3 Å². The second-order valence-electron chi connectivity index (χ2n) is 11.1. The molecule has 0 spiro atoms. The molecule has 2 nitrogen and oxygen atoms in total. The van der Waals surface area contributed by atoms with Crippen LogP contribution in [0.15, 0.2) is 36.4 Å². The maximum absolute atomic E-state index is 14.3. The highest BCUT2D eigenvalue weighted by Crippen LogP contribution is 2.34. The van der Waals surface area contributed by atoms with Gasteiger partial charge in [-0.1, -0.05) is 46.8 Å². The van der Waals surface area contributed by atoms with Crippen molar-refractivity contribution < 1.29 is 18.3 Å². The van der Waals surface area contributed by atoms with Gasteiger partial charge in [0.05, 0.1) is 6.10 Å². The van der Waals surface area contributed by atoms with E-state index in [1.165, 1.54) is 12.1 Å². The Hall–Kier alpha value is -2.10. The summed E-state index contributed by atoms with van der Waals surface area (Å²) in [4.78, 5) is 0. The van der Waals surface area contributed by atoms with Gasteiger partial charge < -0.3 is 9.47 Å². The lowest BCUT2D eigenvalue weighted by Crippen LogP contribution is -2.25. The summed E-state index contributed by atoms with van der Waals surface area (Å²) in [6, 6.07) is 10.1. The molecule has 0 aromatic heterocycles. The minimum Gasteiger partial charge on any atom is -0.488 e. The molecule has 0 aliphatic heterocycles. The Morgan fingerprint density at radius 2 is 1.29 bits per heavy atom. The van der Waals surface area contributed by atoms with Crippen molar-refractivity contribution >= 4 is 0 Å². The van der Waals surface area contributed by atoms with Crippen LogP contribution in [-0.2, 0) is 10.8 Å². The molecule has 0 amide bonds. The smallest absolute Gasteiger partial charge is 0.165 e. The molecule has 0 saturated heterocycles. The summed E-state index contributed by atoms with van der Waals surface area (Å²) in [5, 5.41) is 0. The van der Waals surface area contributed by atoms with Gasteiger partial charge in [0.1, 0.15) is 5.60 Å². The van der Waals surface area contributed by atoms with Gasteiger partial charge in [0.15, 0.2) is 23.1 Å². The SMILES string of the molecule is CC(CCC(C)(C)c1ccc(F)c(OC(C)(C)C)c1)Oc1cc(C(C)(C)C)ccc1F. The zero-order chi connectivity index (χ0) is 23.6. The Bertz CT molecular complexity index is 889. The van der Waals surface area contributed by atoms with Crippen LogP contribution in [0.2, 0.25) is 0 Å². The fraction of sp³-hybridized carbons (Fsp3) is 0.556. The van der Waals surface area contributed by atoms with Crippen LogP contribution in [0.25, 0.3) is 0 Å². The van der Waals surface area contributed by atoms with E-state index in [0.717, 1.165) is 24.0 Å². The first-order valence-corrected chi connectivity index (χ1v) is 11.0. The fourth-order valence-corrected chi connectivity index (χ4v) is 3.38. The lowest BCUT2D eigenvalue weighted by Gasteiger charge is -2.29. The zero-order valence-corrected chi connectivity index (χ0v) is 20.5. The topological polar surface area (TPSA) is 18.5 Å². The molecule has 2 aromatic carbocycles. The Balaban J connectivity index is 2.09. The molecule has 2 aromatic rings. The minimum atomic E-state index is -0.475. The van der Waals surface area contributed by atoms with Crippen molar-refractivity contribution in [1.29, 1.82) is 0 Å². The Morgan fingerprint density at radius 3 is 1.84 bits per heavy atom.